The average molecular weight is 353 g/mol. The van der Waals surface area contributed by atoms with E-state index in [0.717, 1.165) is 16.9 Å². The zero-order valence-corrected chi connectivity index (χ0v) is 14.6. The number of nitrogens with one attached hydrogen (secondary N) is 1. The summed E-state index contributed by atoms with van der Waals surface area (Å²) in [7, 11) is 1.57. The number of hydrogen-bond donors (Lipinski definition) is 1. The number of rotatable bonds is 4. The molecule has 0 unspecified atom stereocenters. The van der Waals surface area contributed by atoms with Gasteiger partial charge in [-0.25, -0.2) is 4.98 Å². The summed E-state index contributed by atoms with van der Waals surface area (Å²) in [6, 6.07) is 11.0. The second-order valence-corrected chi connectivity index (χ2v) is 5.98. The molecule has 3 aromatic rings. The van der Waals surface area contributed by atoms with Gasteiger partial charge in [0, 0.05) is 12.1 Å². The van der Waals surface area contributed by atoms with Crippen LogP contribution in [0.15, 0.2) is 36.4 Å². The number of carbonyl (C=O) groups is 1. The molecule has 7 nitrogen and oxygen atoms in total. The highest BCUT2D eigenvalue weighted by atomic mass is 16.6. The maximum atomic E-state index is 12.6. The molecule has 2 aromatic carbocycles. The number of benzene rings is 2. The van der Waals surface area contributed by atoms with E-state index in [1.165, 1.54) is 0 Å². The van der Waals surface area contributed by atoms with Crippen molar-refractivity contribution >= 4 is 22.6 Å². The third-order valence-corrected chi connectivity index (χ3v) is 4.29. The molecule has 2 heterocycles. The first-order valence-electron chi connectivity index (χ1n) is 8.35. The van der Waals surface area contributed by atoms with Gasteiger partial charge in [0.1, 0.15) is 31.3 Å². The number of aromatic nitrogens is 2. The van der Waals surface area contributed by atoms with Crippen molar-refractivity contribution in [2.45, 2.75) is 13.5 Å². The van der Waals surface area contributed by atoms with E-state index in [4.69, 9.17) is 14.2 Å². The zero-order chi connectivity index (χ0) is 18.1. The Morgan fingerprint density at radius 3 is 2.73 bits per heavy atom. The van der Waals surface area contributed by atoms with Gasteiger partial charge in [0.2, 0.25) is 5.91 Å². The third kappa shape index (κ3) is 2.92. The minimum Gasteiger partial charge on any atom is -0.495 e. The highest BCUT2D eigenvalue weighted by molar-refractivity contribution is 5.93. The number of hydrogen-bond acceptors (Lipinski definition) is 5. The van der Waals surface area contributed by atoms with Crippen molar-refractivity contribution in [1.82, 2.24) is 9.55 Å². The Hall–Kier alpha value is -3.22. The van der Waals surface area contributed by atoms with Crippen LogP contribution >= 0.6 is 0 Å². The number of fused-ring (bicyclic) bond motifs is 2. The minimum atomic E-state index is -0.160. The standard InChI is InChI=1S/C19H19N3O4/c1-12-20-14-9-17-18(26-8-7-25-17)10-15(14)22(12)11-19(23)21-13-5-3-4-6-16(13)24-2/h3-6,9-10H,7-8,11H2,1-2H3,(H,21,23). The molecular formula is C19H19N3O4. The molecule has 26 heavy (non-hydrogen) atoms. The molecule has 4 rings (SSSR count). The summed E-state index contributed by atoms with van der Waals surface area (Å²) in [5.74, 6) is 2.57. The maximum Gasteiger partial charge on any atom is 0.244 e. The van der Waals surface area contributed by atoms with Crippen LogP contribution in [0.3, 0.4) is 0 Å². The molecule has 0 aliphatic carbocycles. The van der Waals surface area contributed by atoms with E-state index in [2.05, 4.69) is 10.3 Å². The van der Waals surface area contributed by atoms with Crippen molar-refractivity contribution in [1.29, 1.82) is 0 Å². The van der Waals surface area contributed by atoms with Crippen molar-refractivity contribution in [3.05, 3.63) is 42.2 Å². The van der Waals surface area contributed by atoms with Gasteiger partial charge < -0.3 is 24.1 Å². The number of para-hydroxylation sites is 2. The van der Waals surface area contributed by atoms with E-state index >= 15 is 0 Å². The first-order chi connectivity index (χ1) is 12.7. The monoisotopic (exact) mass is 353 g/mol. The highest BCUT2D eigenvalue weighted by Crippen LogP contribution is 2.34. The minimum absolute atomic E-state index is 0.139. The van der Waals surface area contributed by atoms with Crippen LogP contribution in [0.4, 0.5) is 5.69 Å². The number of nitrogens with zero attached hydrogens (tertiary/aromatic N) is 2. The quantitative estimate of drug-likeness (QED) is 0.781. The normalized spacial score (nSPS) is 12.8. The number of ether oxygens (including phenoxy) is 3. The maximum absolute atomic E-state index is 12.6. The summed E-state index contributed by atoms with van der Waals surface area (Å²) in [6.07, 6.45) is 0. The predicted molar refractivity (Wildman–Crippen MR) is 97.1 cm³/mol. The third-order valence-electron chi connectivity index (χ3n) is 4.29. The van der Waals surface area contributed by atoms with E-state index in [0.29, 0.717) is 36.1 Å². The Morgan fingerprint density at radius 2 is 1.96 bits per heavy atom. The van der Waals surface area contributed by atoms with E-state index < -0.39 is 0 Å². The molecule has 134 valence electrons. The van der Waals surface area contributed by atoms with E-state index in [1.807, 2.05) is 35.8 Å². The molecule has 0 spiro atoms. The lowest BCUT2D eigenvalue weighted by atomic mass is 10.2. The molecule has 1 aliphatic rings. The van der Waals surface area contributed by atoms with Crippen LogP contribution in [0.25, 0.3) is 11.0 Å². The molecule has 0 saturated carbocycles. The van der Waals surface area contributed by atoms with Crippen LogP contribution in [0.5, 0.6) is 17.2 Å². The van der Waals surface area contributed by atoms with Gasteiger partial charge in [0.15, 0.2) is 11.5 Å². The molecule has 0 saturated heterocycles. The molecule has 0 atom stereocenters. The molecule has 1 N–H and O–H groups in total. The number of carbonyl (C=O) groups excluding carboxylic acids is 1. The van der Waals surface area contributed by atoms with Gasteiger partial charge in [0.25, 0.3) is 0 Å². The van der Waals surface area contributed by atoms with E-state index in [1.54, 1.807) is 19.2 Å². The molecule has 7 heteroatoms. The Balaban J connectivity index is 1.62. The summed E-state index contributed by atoms with van der Waals surface area (Å²) < 4.78 is 18.4. The SMILES string of the molecule is COc1ccccc1NC(=O)Cn1c(C)nc2cc3c(cc21)OCCO3. The van der Waals surface area contributed by atoms with Crippen LogP contribution in [-0.4, -0.2) is 35.8 Å². The summed E-state index contributed by atoms with van der Waals surface area (Å²) in [4.78, 5) is 17.1. The number of methoxy groups -OCH3 is 1. The summed E-state index contributed by atoms with van der Waals surface area (Å²) in [6.45, 7) is 3.05. The first-order valence-corrected chi connectivity index (χ1v) is 8.35. The van der Waals surface area contributed by atoms with Crippen molar-refractivity contribution in [2.24, 2.45) is 0 Å². The molecule has 1 aliphatic heterocycles. The van der Waals surface area contributed by atoms with Crippen LogP contribution in [0, 0.1) is 6.92 Å². The van der Waals surface area contributed by atoms with Crippen LogP contribution in [0.1, 0.15) is 5.82 Å². The highest BCUT2D eigenvalue weighted by Gasteiger charge is 2.18. The average Bonchev–Trinajstić information content (AvgIpc) is 2.94. The Bertz CT molecular complexity index is 980. The van der Waals surface area contributed by atoms with Crippen molar-refractivity contribution in [2.75, 3.05) is 25.6 Å². The lowest BCUT2D eigenvalue weighted by molar-refractivity contribution is -0.116. The smallest absolute Gasteiger partial charge is 0.244 e. The first kappa shape index (κ1) is 16.3. The second-order valence-electron chi connectivity index (χ2n) is 5.98. The fraction of sp³-hybridized carbons (Fsp3) is 0.263. The molecular weight excluding hydrogens is 334 g/mol. The van der Waals surface area contributed by atoms with Gasteiger partial charge in [0.05, 0.1) is 23.8 Å². The topological polar surface area (TPSA) is 74.6 Å². The van der Waals surface area contributed by atoms with Crippen molar-refractivity contribution < 1.29 is 19.0 Å². The zero-order valence-electron chi connectivity index (χ0n) is 14.6. The van der Waals surface area contributed by atoms with Gasteiger partial charge in [-0.05, 0) is 19.1 Å². The van der Waals surface area contributed by atoms with Gasteiger partial charge in [-0.3, -0.25) is 4.79 Å². The number of anilines is 1. The molecule has 0 radical (unpaired) electrons. The summed E-state index contributed by atoms with van der Waals surface area (Å²) in [5, 5.41) is 2.89. The van der Waals surface area contributed by atoms with Gasteiger partial charge in [-0.2, -0.15) is 0 Å². The lowest BCUT2D eigenvalue weighted by Gasteiger charge is -2.18. The summed E-state index contributed by atoms with van der Waals surface area (Å²) in [5.41, 5.74) is 2.25. The van der Waals surface area contributed by atoms with Crippen LogP contribution in [-0.2, 0) is 11.3 Å². The Morgan fingerprint density at radius 1 is 1.23 bits per heavy atom. The number of imidazole rings is 1. The predicted octanol–water partition coefficient (Wildman–Crippen LogP) is 2.76. The Labute approximate surface area is 150 Å². The second kappa shape index (κ2) is 6.59. The fourth-order valence-corrected chi connectivity index (χ4v) is 3.06. The molecule has 0 bridgehead atoms. The molecule has 1 amide bonds. The summed E-state index contributed by atoms with van der Waals surface area (Å²) >= 11 is 0. The fourth-order valence-electron chi connectivity index (χ4n) is 3.06. The van der Waals surface area contributed by atoms with Crippen molar-refractivity contribution in [3.8, 4) is 17.2 Å². The van der Waals surface area contributed by atoms with Gasteiger partial charge in [-0.1, -0.05) is 12.1 Å². The number of amides is 1. The van der Waals surface area contributed by atoms with Gasteiger partial charge in [-0.15, -0.1) is 0 Å². The van der Waals surface area contributed by atoms with Crippen LogP contribution in [0.2, 0.25) is 0 Å². The van der Waals surface area contributed by atoms with E-state index in [9.17, 15) is 4.79 Å². The van der Waals surface area contributed by atoms with Crippen molar-refractivity contribution in [3.63, 3.8) is 0 Å². The van der Waals surface area contributed by atoms with E-state index in [-0.39, 0.29) is 12.5 Å². The van der Waals surface area contributed by atoms with Gasteiger partial charge >= 0.3 is 0 Å². The van der Waals surface area contributed by atoms with Crippen LogP contribution < -0.4 is 19.5 Å². The molecule has 0 fully saturated rings. The Kier molecular flexibility index (Phi) is 4.12. The largest absolute Gasteiger partial charge is 0.495 e. The lowest BCUT2D eigenvalue weighted by Crippen LogP contribution is -2.20. The number of aryl methyl sites for hydroxylation is 1. The molecule has 1 aromatic heterocycles.